The summed E-state index contributed by atoms with van der Waals surface area (Å²) in [5.41, 5.74) is 11.6. The lowest BCUT2D eigenvalue weighted by atomic mass is 9.96. The van der Waals surface area contributed by atoms with Crippen molar-refractivity contribution in [3.05, 3.63) is 35.9 Å². The third-order valence-corrected chi connectivity index (χ3v) is 3.19. The van der Waals surface area contributed by atoms with Crippen molar-refractivity contribution in [2.24, 2.45) is 17.4 Å². The fourth-order valence-electron chi connectivity index (χ4n) is 1.89. The van der Waals surface area contributed by atoms with Crippen LogP contribution in [0.5, 0.6) is 0 Å². The number of primary amides is 1. The number of carbonyl (C=O) groups is 2. The summed E-state index contributed by atoms with van der Waals surface area (Å²) in [5, 5.41) is 2.61. The van der Waals surface area contributed by atoms with Crippen LogP contribution in [0.25, 0.3) is 0 Å². The zero-order valence-corrected chi connectivity index (χ0v) is 12.3. The number of nitrogens with one attached hydrogen (secondary N) is 1. The van der Waals surface area contributed by atoms with E-state index in [1.54, 1.807) is 38.1 Å². The zero-order chi connectivity index (χ0) is 15.3. The Bertz CT molecular complexity index is 502. The largest absolute Gasteiger partial charge is 0.392 e. The van der Waals surface area contributed by atoms with Gasteiger partial charge in [0.25, 0.3) is 0 Å². The quantitative estimate of drug-likeness (QED) is 0.672. The maximum atomic E-state index is 12.3. The van der Waals surface area contributed by atoms with Gasteiger partial charge in [0, 0.05) is 0 Å². The Hall–Kier alpha value is -1.95. The standard InChI is InChI=1S/C14H19N3O2S/c1-8(2)11(12(15)18)17-14(19)10(13(16)20)9-6-4-3-5-7-9/h3-8,10-11H,1-2H3,(H2,15,18)(H2,16,20)(H,17,19). The molecule has 5 N–H and O–H groups in total. The van der Waals surface area contributed by atoms with Gasteiger partial charge >= 0.3 is 0 Å². The van der Waals surface area contributed by atoms with E-state index in [4.69, 9.17) is 23.7 Å². The van der Waals surface area contributed by atoms with Crippen LogP contribution in [-0.4, -0.2) is 22.8 Å². The third kappa shape index (κ3) is 4.03. The lowest BCUT2D eigenvalue weighted by Gasteiger charge is -2.22. The zero-order valence-electron chi connectivity index (χ0n) is 11.5. The summed E-state index contributed by atoms with van der Waals surface area (Å²) in [4.78, 5) is 23.7. The van der Waals surface area contributed by atoms with Gasteiger partial charge in [-0.2, -0.15) is 0 Å². The van der Waals surface area contributed by atoms with E-state index in [2.05, 4.69) is 5.32 Å². The predicted octanol–water partition coefficient (Wildman–Crippen LogP) is 0.682. The summed E-state index contributed by atoms with van der Waals surface area (Å²) in [6, 6.07) is 8.20. The smallest absolute Gasteiger partial charge is 0.240 e. The lowest BCUT2D eigenvalue weighted by molar-refractivity contribution is -0.128. The van der Waals surface area contributed by atoms with Crippen LogP contribution < -0.4 is 16.8 Å². The van der Waals surface area contributed by atoms with Gasteiger partial charge in [0.1, 0.15) is 12.0 Å². The van der Waals surface area contributed by atoms with Crippen LogP contribution in [-0.2, 0) is 9.59 Å². The van der Waals surface area contributed by atoms with Crippen molar-refractivity contribution in [3.8, 4) is 0 Å². The third-order valence-electron chi connectivity index (χ3n) is 2.95. The molecule has 0 saturated heterocycles. The average molecular weight is 293 g/mol. The minimum absolute atomic E-state index is 0.0562. The number of amides is 2. The number of hydrogen-bond donors (Lipinski definition) is 3. The molecule has 0 saturated carbocycles. The highest BCUT2D eigenvalue weighted by Gasteiger charge is 2.28. The molecule has 1 aromatic rings. The van der Waals surface area contributed by atoms with E-state index >= 15 is 0 Å². The highest BCUT2D eigenvalue weighted by atomic mass is 32.1. The molecule has 2 atom stereocenters. The first-order chi connectivity index (χ1) is 9.34. The maximum absolute atomic E-state index is 12.3. The SMILES string of the molecule is CC(C)C(NC(=O)C(C(N)=S)c1ccccc1)C(N)=O. The summed E-state index contributed by atoms with van der Waals surface area (Å²) in [5.74, 6) is -1.88. The minimum atomic E-state index is -0.771. The molecule has 0 spiro atoms. The van der Waals surface area contributed by atoms with Gasteiger partial charge in [-0.05, 0) is 11.5 Å². The first-order valence-electron chi connectivity index (χ1n) is 6.28. The van der Waals surface area contributed by atoms with E-state index in [1.165, 1.54) is 0 Å². The number of nitrogens with two attached hydrogens (primary N) is 2. The van der Waals surface area contributed by atoms with Gasteiger partial charge in [0.2, 0.25) is 11.8 Å². The van der Waals surface area contributed by atoms with Crippen molar-refractivity contribution in [2.45, 2.75) is 25.8 Å². The van der Waals surface area contributed by atoms with Crippen LogP contribution in [0, 0.1) is 5.92 Å². The minimum Gasteiger partial charge on any atom is -0.392 e. The average Bonchev–Trinajstić information content (AvgIpc) is 2.36. The summed E-state index contributed by atoms with van der Waals surface area (Å²) >= 11 is 4.96. The fraction of sp³-hybridized carbons (Fsp3) is 0.357. The Morgan fingerprint density at radius 2 is 1.70 bits per heavy atom. The second-order valence-electron chi connectivity index (χ2n) is 4.88. The van der Waals surface area contributed by atoms with Gasteiger partial charge in [-0.25, -0.2) is 0 Å². The Balaban J connectivity index is 2.97. The van der Waals surface area contributed by atoms with Gasteiger partial charge in [0.05, 0.1) is 4.99 Å². The van der Waals surface area contributed by atoms with Crippen LogP contribution in [0.1, 0.15) is 25.3 Å². The molecule has 108 valence electrons. The Morgan fingerprint density at radius 1 is 1.15 bits per heavy atom. The molecule has 0 radical (unpaired) electrons. The van der Waals surface area contributed by atoms with E-state index in [1.807, 2.05) is 6.07 Å². The molecule has 5 nitrogen and oxygen atoms in total. The van der Waals surface area contributed by atoms with Crippen LogP contribution >= 0.6 is 12.2 Å². The van der Waals surface area contributed by atoms with E-state index in [0.717, 1.165) is 0 Å². The van der Waals surface area contributed by atoms with Crippen molar-refractivity contribution in [1.82, 2.24) is 5.32 Å². The highest BCUT2D eigenvalue weighted by Crippen LogP contribution is 2.17. The Morgan fingerprint density at radius 3 is 2.10 bits per heavy atom. The summed E-state index contributed by atoms with van der Waals surface area (Å²) < 4.78 is 0. The molecule has 0 fully saturated rings. The van der Waals surface area contributed by atoms with Crippen LogP contribution in [0.3, 0.4) is 0 Å². The molecule has 1 aromatic carbocycles. The normalized spacial score (nSPS) is 13.6. The molecule has 0 heterocycles. The lowest BCUT2D eigenvalue weighted by Crippen LogP contribution is -2.50. The Labute approximate surface area is 123 Å². The van der Waals surface area contributed by atoms with E-state index in [0.29, 0.717) is 5.56 Å². The fourth-order valence-corrected chi connectivity index (χ4v) is 2.14. The first-order valence-corrected chi connectivity index (χ1v) is 6.69. The predicted molar refractivity (Wildman–Crippen MR) is 81.9 cm³/mol. The molecule has 2 amide bonds. The second-order valence-corrected chi connectivity index (χ2v) is 5.35. The van der Waals surface area contributed by atoms with Crippen LogP contribution in [0.4, 0.5) is 0 Å². The van der Waals surface area contributed by atoms with Gasteiger partial charge in [-0.1, -0.05) is 56.4 Å². The van der Waals surface area contributed by atoms with E-state index < -0.39 is 23.8 Å². The van der Waals surface area contributed by atoms with Crippen molar-refractivity contribution in [1.29, 1.82) is 0 Å². The maximum Gasteiger partial charge on any atom is 0.240 e. The molecule has 0 aromatic heterocycles. The second kappa shape index (κ2) is 7.00. The molecule has 20 heavy (non-hydrogen) atoms. The van der Waals surface area contributed by atoms with Gasteiger partial charge in [0.15, 0.2) is 0 Å². The molecule has 0 aliphatic rings. The Kier molecular flexibility index (Phi) is 5.64. The van der Waals surface area contributed by atoms with Gasteiger partial charge < -0.3 is 16.8 Å². The number of rotatable bonds is 6. The molecule has 0 bridgehead atoms. The molecule has 2 unspecified atom stereocenters. The molecule has 0 aliphatic carbocycles. The van der Waals surface area contributed by atoms with Crippen molar-refractivity contribution in [2.75, 3.05) is 0 Å². The van der Waals surface area contributed by atoms with E-state index in [-0.39, 0.29) is 10.9 Å². The van der Waals surface area contributed by atoms with E-state index in [9.17, 15) is 9.59 Å². The number of hydrogen-bond acceptors (Lipinski definition) is 3. The van der Waals surface area contributed by atoms with Gasteiger partial charge in [-0.3, -0.25) is 9.59 Å². The molecule has 1 rings (SSSR count). The molecule has 6 heteroatoms. The van der Waals surface area contributed by atoms with Crippen molar-refractivity contribution >= 4 is 29.0 Å². The topological polar surface area (TPSA) is 98.2 Å². The monoisotopic (exact) mass is 293 g/mol. The van der Waals surface area contributed by atoms with Crippen molar-refractivity contribution in [3.63, 3.8) is 0 Å². The van der Waals surface area contributed by atoms with Gasteiger partial charge in [-0.15, -0.1) is 0 Å². The molecular formula is C14H19N3O2S. The summed E-state index contributed by atoms with van der Waals surface area (Å²) in [6.45, 7) is 3.60. The van der Waals surface area contributed by atoms with Crippen molar-refractivity contribution < 1.29 is 9.59 Å². The van der Waals surface area contributed by atoms with Crippen LogP contribution in [0.2, 0.25) is 0 Å². The highest BCUT2D eigenvalue weighted by molar-refractivity contribution is 7.80. The molecule has 0 aliphatic heterocycles. The number of thiocarbonyl (C=S) groups is 1. The summed E-state index contributed by atoms with van der Waals surface area (Å²) in [7, 11) is 0. The summed E-state index contributed by atoms with van der Waals surface area (Å²) in [6.07, 6.45) is 0. The number of carbonyl (C=O) groups excluding carboxylic acids is 2. The molecular weight excluding hydrogens is 274 g/mol. The first kappa shape index (κ1) is 16.1. The number of benzene rings is 1. The van der Waals surface area contributed by atoms with Crippen LogP contribution in [0.15, 0.2) is 30.3 Å².